The number of aryl methyl sites for hydroxylation is 1. The Morgan fingerprint density at radius 2 is 2.11 bits per heavy atom. The summed E-state index contributed by atoms with van der Waals surface area (Å²) in [6.45, 7) is 6.60. The smallest absolute Gasteiger partial charge is 0.332 e. The number of hydrogen-bond donors (Lipinski definition) is 1. The lowest BCUT2D eigenvalue weighted by atomic mass is 10.0. The lowest BCUT2D eigenvalue weighted by Crippen LogP contribution is -2.39. The van der Waals surface area contributed by atoms with Crippen LogP contribution in [0.2, 0.25) is 0 Å². The van der Waals surface area contributed by atoms with Crippen molar-refractivity contribution < 1.29 is 4.92 Å². The summed E-state index contributed by atoms with van der Waals surface area (Å²) in [5, 5.41) is 14.1. The van der Waals surface area contributed by atoms with E-state index in [4.69, 9.17) is 0 Å². The van der Waals surface area contributed by atoms with E-state index >= 15 is 0 Å². The summed E-state index contributed by atoms with van der Waals surface area (Å²) < 4.78 is 0. The zero-order chi connectivity index (χ0) is 14.2. The van der Waals surface area contributed by atoms with Gasteiger partial charge >= 0.3 is 5.69 Å². The quantitative estimate of drug-likeness (QED) is 0.665. The predicted molar refractivity (Wildman–Crippen MR) is 73.6 cm³/mol. The summed E-state index contributed by atoms with van der Waals surface area (Å²) in [6, 6.07) is 0. The van der Waals surface area contributed by atoms with Crippen LogP contribution in [0.1, 0.15) is 32.4 Å². The SMILES string of the molecule is CNc1nc(C)c([N+](=O)[O-])c(N2CCCC2(C)C)n1. The first-order valence-corrected chi connectivity index (χ1v) is 6.35. The second-order valence-electron chi connectivity index (χ2n) is 5.38. The molecule has 2 rings (SSSR count). The van der Waals surface area contributed by atoms with E-state index in [0.29, 0.717) is 17.5 Å². The molecule has 0 spiro atoms. The number of hydrogen-bond acceptors (Lipinski definition) is 6. The minimum absolute atomic E-state index is 0.00831. The topological polar surface area (TPSA) is 84.2 Å². The van der Waals surface area contributed by atoms with E-state index in [-0.39, 0.29) is 11.2 Å². The van der Waals surface area contributed by atoms with E-state index in [1.54, 1.807) is 14.0 Å². The standard InChI is InChI=1S/C12H19N5O2/c1-8-9(17(18)19)10(15-11(13-4)14-8)16-7-5-6-12(16,2)3/h5-7H2,1-4H3,(H,13,14,15). The monoisotopic (exact) mass is 265 g/mol. The van der Waals surface area contributed by atoms with Crippen molar-refractivity contribution >= 4 is 17.5 Å². The Hall–Kier alpha value is -1.92. The van der Waals surface area contributed by atoms with Crippen LogP contribution in [0.4, 0.5) is 17.5 Å². The fourth-order valence-electron chi connectivity index (χ4n) is 2.57. The van der Waals surface area contributed by atoms with E-state index < -0.39 is 4.92 Å². The number of nitro groups is 1. The molecule has 7 nitrogen and oxygen atoms in total. The summed E-state index contributed by atoms with van der Waals surface area (Å²) in [4.78, 5) is 21.3. The molecule has 1 aromatic rings. The molecule has 1 aromatic heterocycles. The minimum atomic E-state index is -0.390. The summed E-state index contributed by atoms with van der Waals surface area (Å²) >= 11 is 0. The highest BCUT2D eigenvalue weighted by atomic mass is 16.6. The Labute approximate surface area is 112 Å². The molecular weight excluding hydrogens is 246 g/mol. The molecule has 1 aliphatic heterocycles. The van der Waals surface area contributed by atoms with Crippen LogP contribution in [0.5, 0.6) is 0 Å². The number of nitrogens with one attached hydrogen (secondary N) is 1. The lowest BCUT2D eigenvalue weighted by Gasteiger charge is -2.32. The first-order chi connectivity index (χ1) is 8.86. The Bertz CT molecular complexity index is 515. The molecule has 0 saturated carbocycles. The van der Waals surface area contributed by atoms with Crippen LogP contribution in [-0.2, 0) is 0 Å². The number of aromatic nitrogens is 2. The number of nitrogens with zero attached hydrogens (tertiary/aromatic N) is 4. The van der Waals surface area contributed by atoms with E-state index in [1.807, 2.05) is 4.90 Å². The highest BCUT2D eigenvalue weighted by Gasteiger charge is 2.38. The molecule has 2 heterocycles. The third-order valence-corrected chi connectivity index (χ3v) is 3.60. The van der Waals surface area contributed by atoms with Gasteiger partial charge in [0.1, 0.15) is 5.69 Å². The molecule has 1 aliphatic rings. The van der Waals surface area contributed by atoms with Crippen LogP contribution in [0.15, 0.2) is 0 Å². The van der Waals surface area contributed by atoms with Crippen LogP contribution >= 0.6 is 0 Å². The first-order valence-electron chi connectivity index (χ1n) is 6.35. The van der Waals surface area contributed by atoms with E-state index in [9.17, 15) is 10.1 Å². The molecule has 0 amide bonds. The summed E-state index contributed by atoms with van der Waals surface area (Å²) in [7, 11) is 1.71. The second kappa shape index (κ2) is 4.64. The maximum absolute atomic E-state index is 11.3. The van der Waals surface area contributed by atoms with Gasteiger partial charge in [-0.25, -0.2) is 4.98 Å². The molecule has 0 atom stereocenters. The van der Waals surface area contributed by atoms with Crippen molar-refractivity contribution in [1.82, 2.24) is 9.97 Å². The van der Waals surface area contributed by atoms with Crippen molar-refractivity contribution in [3.8, 4) is 0 Å². The molecule has 0 aliphatic carbocycles. The minimum Gasteiger partial charge on any atom is -0.357 e. The molecule has 1 fully saturated rings. The molecule has 7 heteroatoms. The average Bonchev–Trinajstić information content (AvgIpc) is 2.67. The second-order valence-corrected chi connectivity index (χ2v) is 5.38. The van der Waals surface area contributed by atoms with Crippen LogP contribution in [0.3, 0.4) is 0 Å². The van der Waals surface area contributed by atoms with Gasteiger partial charge in [-0.3, -0.25) is 10.1 Å². The van der Waals surface area contributed by atoms with E-state index in [0.717, 1.165) is 19.4 Å². The first kappa shape index (κ1) is 13.5. The molecule has 0 bridgehead atoms. The summed E-state index contributed by atoms with van der Waals surface area (Å²) in [5.74, 6) is 0.838. The number of rotatable bonds is 3. The Balaban J connectivity index is 2.60. The van der Waals surface area contributed by atoms with Gasteiger partial charge in [0.05, 0.1) is 4.92 Å². The maximum atomic E-state index is 11.3. The van der Waals surface area contributed by atoms with Crippen LogP contribution in [0.25, 0.3) is 0 Å². The summed E-state index contributed by atoms with van der Waals surface area (Å²) in [5.41, 5.74) is 0.285. The largest absolute Gasteiger partial charge is 0.357 e. The fraction of sp³-hybridized carbons (Fsp3) is 0.667. The Morgan fingerprint density at radius 1 is 1.42 bits per heavy atom. The van der Waals surface area contributed by atoms with Crippen LogP contribution in [0, 0.1) is 17.0 Å². The molecule has 104 valence electrons. The molecule has 1 saturated heterocycles. The number of anilines is 2. The lowest BCUT2D eigenvalue weighted by molar-refractivity contribution is -0.385. The molecule has 0 aromatic carbocycles. The van der Waals surface area contributed by atoms with Gasteiger partial charge in [-0.15, -0.1) is 0 Å². The van der Waals surface area contributed by atoms with Gasteiger partial charge in [0.15, 0.2) is 0 Å². The zero-order valence-corrected chi connectivity index (χ0v) is 11.7. The molecule has 0 unspecified atom stereocenters. The maximum Gasteiger partial charge on any atom is 0.332 e. The van der Waals surface area contributed by atoms with Crippen molar-refractivity contribution in [2.45, 2.75) is 39.2 Å². The van der Waals surface area contributed by atoms with Gasteiger partial charge < -0.3 is 10.2 Å². The van der Waals surface area contributed by atoms with Gasteiger partial charge in [-0.05, 0) is 33.6 Å². The molecule has 19 heavy (non-hydrogen) atoms. The van der Waals surface area contributed by atoms with Gasteiger partial charge in [-0.2, -0.15) is 4.98 Å². The predicted octanol–water partition coefficient (Wildman–Crippen LogP) is 2.11. The van der Waals surface area contributed by atoms with Crippen molar-refractivity contribution in [3.05, 3.63) is 15.8 Å². The summed E-state index contributed by atoms with van der Waals surface area (Å²) in [6.07, 6.45) is 2.02. The highest BCUT2D eigenvalue weighted by molar-refractivity contribution is 5.64. The average molecular weight is 265 g/mol. The van der Waals surface area contributed by atoms with Crippen molar-refractivity contribution in [2.24, 2.45) is 0 Å². The third kappa shape index (κ3) is 2.32. The van der Waals surface area contributed by atoms with Crippen molar-refractivity contribution in [2.75, 3.05) is 23.8 Å². The molecule has 1 N–H and O–H groups in total. The third-order valence-electron chi connectivity index (χ3n) is 3.60. The van der Waals surface area contributed by atoms with E-state index in [2.05, 4.69) is 29.1 Å². The van der Waals surface area contributed by atoms with Crippen molar-refractivity contribution in [3.63, 3.8) is 0 Å². The molecule has 0 radical (unpaired) electrons. The highest BCUT2D eigenvalue weighted by Crippen LogP contribution is 2.38. The van der Waals surface area contributed by atoms with Crippen LogP contribution < -0.4 is 10.2 Å². The zero-order valence-electron chi connectivity index (χ0n) is 11.7. The normalized spacial score (nSPS) is 17.6. The van der Waals surface area contributed by atoms with Crippen molar-refractivity contribution in [1.29, 1.82) is 0 Å². The fourth-order valence-corrected chi connectivity index (χ4v) is 2.57. The van der Waals surface area contributed by atoms with Gasteiger partial charge in [0.2, 0.25) is 11.8 Å². The van der Waals surface area contributed by atoms with Gasteiger partial charge in [0.25, 0.3) is 0 Å². The Kier molecular flexibility index (Phi) is 3.30. The van der Waals surface area contributed by atoms with Gasteiger partial charge in [-0.1, -0.05) is 0 Å². The van der Waals surface area contributed by atoms with E-state index in [1.165, 1.54) is 0 Å². The molecular formula is C12H19N5O2. The van der Waals surface area contributed by atoms with Gasteiger partial charge in [0, 0.05) is 19.1 Å². The van der Waals surface area contributed by atoms with Crippen LogP contribution in [-0.4, -0.2) is 34.0 Å². The Morgan fingerprint density at radius 3 is 2.58 bits per heavy atom.